The number of thiophene rings is 1. The number of aromatic hydroxyl groups is 1. The van der Waals surface area contributed by atoms with Gasteiger partial charge >= 0.3 is 0 Å². The average Bonchev–Trinajstić information content (AvgIpc) is 2.86. The number of sulfonamides is 1. The molecule has 0 bridgehead atoms. The second-order valence-corrected chi connectivity index (χ2v) is 6.25. The van der Waals surface area contributed by atoms with Crippen molar-refractivity contribution >= 4 is 27.0 Å². The second kappa shape index (κ2) is 4.87. The van der Waals surface area contributed by atoms with Crippen LogP contribution in [0.2, 0.25) is 0 Å². The van der Waals surface area contributed by atoms with Gasteiger partial charge in [0.05, 0.1) is 7.11 Å². The normalized spacial score (nSPS) is 11.2. The molecule has 18 heavy (non-hydrogen) atoms. The molecule has 0 aliphatic heterocycles. The van der Waals surface area contributed by atoms with Gasteiger partial charge in [-0.1, -0.05) is 12.1 Å². The van der Waals surface area contributed by atoms with E-state index in [1.54, 1.807) is 23.6 Å². The van der Waals surface area contributed by atoms with Crippen molar-refractivity contribution in [1.29, 1.82) is 0 Å². The Morgan fingerprint density at radius 1 is 1.28 bits per heavy atom. The maximum absolute atomic E-state index is 12.0. The number of ether oxygens (including phenoxy) is 1. The lowest BCUT2D eigenvalue weighted by molar-refractivity contribution is 0.411. The lowest BCUT2D eigenvalue weighted by atomic mass is 10.3. The third-order valence-electron chi connectivity index (χ3n) is 2.22. The van der Waals surface area contributed by atoms with Crippen molar-refractivity contribution in [2.45, 2.75) is 4.21 Å². The van der Waals surface area contributed by atoms with Gasteiger partial charge in [-0.2, -0.15) is 0 Å². The molecule has 0 fully saturated rings. The van der Waals surface area contributed by atoms with Gasteiger partial charge in [-0.25, -0.2) is 8.42 Å². The fourth-order valence-corrected chi connectivity index (χ4v) is 3.47. The third kappa shape index (κ3) is 2.41. The first kappa shape index (κ1) is 12.7. The molecule has 0 aliphatic rings. The second-order valence-electron chi connectivity index (χ2n) is 3.39. The van der Waals surface area contributed by atoms with E-state index in [1.165, 1.54) is 19.2 Å². The molecule has 96 valence electrons. The fourth-order valence-electron chi connectivity index (χ4n) is 1.39. The molecule has 0 amide bonds. The van der Waals surface area contributed by atoms with E-state index in [-0.39, 0.29) is 21.4 Å². The van der Waals surface area contributed by atoms with Crippen molar-refractivity contribution in [3.63, 3.8) is 0 Å². The van der Waals surface area contributed by atoms with Gasteiger partial charge in [0.2, 0.25) is 0 Å². The standard InChI is InChI=1S/C11H11NO4S2/c1-16-9-5-2-4-8(13)11(9)12-18(14,15)10-6-3-7-17-10/h2-7,12-13H,1H3. The number of para-hydroxylation sites is 1. The quantitative estimate of drug-likeness (QED) is 0.845. The summed E-state index contributed by atoms with van der Waals surface area (Å²) in [6.07, 6.45) is 0. The first-order chi connectivity index (χ1) is 8.54. The van der Waals surface area contributed by atoms with E-state index >= 15 is 0 Å². The summed E-state index contributed by atoms with van der Waals surface area (Å²) < 4.78 is 31.5. The number of phenolic OH excluding ortho intramolecular Hbond substituents is 1. The van der Waals surface area contributed by atoms with Crippen LogP contribution in [0.15, 0.2) is 39.9 Å². The molecule has 0 saturated heterocycles. The van der Waals surface area contributed by atoms with Crippen LogP contribution in [0.1, 0.15) is 0 Å². The molecule has 2 N–H and O–H groups in total. The molecule has 0 aliphatic carbocycles. The monoisotopic (exact) mass is 285 g/mol. The van der Waals surface area contributed by atoms with Gasteiger partial charge < -0.3 is 9.84 Å². The van der Waals surface area contributed by atoms with Crippen molar-refractivity contribution in [3.8, 4) is 11.5 Å². The summed E-state index contributed by atoms with van der Waals surface area (Å²) in [5.74, 6) is 0.0737. The Morgan fingerprint density at radius 3 is 2.67 bits per heavy atom. The number of hydrogen-bond donors (Lipinski definition) is 2. The number of nitrogens with one attached hydrogen (secondary N) is 1. The van der Waals surface area contributed by atoms with Crippen molar-refractivity contribution in [2.24, 2.45) is 0 Å². The maximum atomic E-state index is 12.0. The van der Waals surface area contributed by atoms with Crippen LogP contribution in [0.4, 0.5) is 5.69 Å². The molecule has 1 aromatic carbocycles. The average molecular weight is 285 g/mol. The Balaban J connectivity index is 2.41. The topological polar surface area (TPSA) is 75.6 Å². The van der Waals surface area contributed by atoms with Gasteiger partial charge in [0.1, 0.15) is 21.4 Å². The minimum absolute atomic E-state index is 0.0356. The summed E-state index contributed by atoms with van der Waals surface area (Å²) >= 11 is 1.10. The summed E-state index contributed by atoms with van der Waals surface area (Å²) in [4.78, 5) is 0. The molecule has 7 heteroatoms. The van der Waals surface area contributed by atoms with Crippen molar-refractivity contribution < 1.29 is 18.3 Å². The Kier molecular flexibility index (Phi) is 3.44. The van der Waals surface area contributed by atoms with Crippen LogP contribution >= 0.6 is 11.3 Å². The Bertz CT molecular complexity index is 635. The highest BCUT2D eigenvalue weighted by Gasteiger charge is 2.19. The van der Waals surface area contributed by atoms with Crippen LogP contribution in [-0.2, 0) is 10.0 Å². The van der Waals surface area contributed by atoms with E-state index in [2.05, 4.69) is 4.72 Å². The Labute approximate surface area is 109 Å². The highest BCUT2D eigenvalue weighted by molar-refractivity contribution is 7.94. The predicted molar refractivity (Wildman–Crippen MR) is 69.8 cm³/mol. The molecule has 0 radical (unpaired) electrons. The van der Waals surface area contributed by atoms with Crippen LogP contribution in [-0.4, -0.2) is 20.6 Å². The molecular weight excluding hydrogens is 274 g/mol. The minimum Gasteiger partial charge on any atom is -0.506 e. The number of rotatable bonds is 4. The fraction of sp³-hybridized carbons (Fsp3) is 0.0909. The number of anilines is 1. The van der Waals surface area contributed by atoms with Gasteiger partial charge in [0.25, 0.3) is 10.0 Å². The zero-order valence-electron chi connectivity index (χ0n) is 9.45. The smallest absolute Gasteiger partial charge is 0.271 e. The minimum atomic E-state index is -3.70. The summed E-state index contributed by atoms with van der Waals surface area (Å²) in [5.41, 5.74) is 0.0356. The molecule has 0 unspecified atom stereocenters. The number of hydrogen-bond acceptors (Lipinski definition) is 5. The molecular formula is C11H11NO4S2. The van der Waals surface area contributed by atoms with E-state index in [0.717, 1.165) is 11.3 Å². The summed E-state index contributed by atoms with van der Waals surface area (Å²) in [6.45, 7) is 0. The Hall–Kier alpha value is -1.73. The van der Waals surface area contributed by atoms with E-state index < -0.39 is 10.0 Å². The van der Waals surface area contributed by atoms with Crippen molar-refractivity contribution in [2.75, 3.05) is 11.8 Å². The highest BCUT2D eigenvalue weighted by Crippen LogP contribution is 2.35. The van der Waals surface area contributed by atoms with Crippen LogP contribution in [0.5, 0.6) is 11.5 Å². The SMILES string of the molecule is COc1cccc(O)c1NS(=O)(=O)c1cccs1. The predicted octanol–water partition coefficient (Wildman–Crippen LogP) is 2.26. The van der Waals surface area contributed by atoms with Gasteiger partial charge in [-0.3, -0.25) is 4.72 Å². The molecule has 2 aromatic rings. The lowest BCUT2D eigenvalue weighted by Crippen LogP contribution is -2.12. The molecule has 1 aromatic heterocycles. The maximum Gasteiger partial charge on any atom is 0.271 e. The van der Waals surface area contributed by atoms with Gasteiger partial charge in [-0.15, -0.1) is 11.3 Å². The zero-order chi connectivity index (χ0) is 13.2. The molecule has 5 nitrogen and oxygen atoms in total. The van der Waals surface area contributed by atoms with Crippen LogP contribution in [0.3, 0.4) is 0 Å². The lowest BCUT2D eigenvalue weighted by Gasteiger charge is -2.12. The molecule has 2 rings (SSSR count). The van der Waals surface area contributed by atoms with E-state index in [4.69, 9.17) is 4.74 Å². The number of methoxy groups -OCH3 is 1. The van der Waals surface area contributed by atoms with Gasteiger partial charge in [0.15, 0.2) is 0 Å². The third-order valence-corrected chi connectivity index (χ3v) is 4.97. The van der Waals surface area contributed by atoms with Gasteiger partial charge in [0, 0.05) is 0 Å². The zero-order valence-corrected chi connectivity index (χ0v) is 11.1. The van der Waals surface area contributed by atoms with Crippen LogP contribution in [0, 0.1) is 0 Å². The van der Waals surface area contributed by atoms with Crippen molar-refractivity contribution in [1.82, 2.24) is 0 Å². The van der Waals surface area contributed by atoms with Gasteiger partial charge in [-0.05, 0) is 23.6 Å². The Morgan fingerprint density at radius 2 is 2.06 bits per heavy atom. The van der Waals surface area contributed by atoms with E-state index in [1.807, 2.05) is 0 Å². The molecule has 0 spiro atoms. The molecule has 1 heterocycles. The largest absolute Gasteiger partial charge is 0.506 e. The summed E-state index contributed by atoms with van der Waals surface area (Å²) in [5, 5.41) is 11.3. The number of benzene rings is 1. The van der Waals surface area contributed by atoms with Crippen molar-refractivity contribution in [3.05, 3.63) is 35.7 Å². The first-order valence-corrected chi connectivity index (χ1v) is 7.33. The van der Waals surface area contributed by atoms with Crippen LogP contribution in [0.25, 0.3) is 0 Å². The summed E-state index contributed by atoms with van der Waals surface area (Å²) in [6, 6.07) is 7.64. The molecule has 0 atom stereocenters. The van der Waals surface area contributed by atoms with Crippen LogP contribution < -0.4 is 9.46 Å². The molecule has 0 saturated carbocycles. The van der Waals surface area contributed by atoms with E-state index in [9.17, 15) is 13.5 Å². The number of phenols is 1. The first-order valence-electron chi connectivity index (χ1n) is 4.97. The highest BCUT2D eigenvalue weighted by atomic mass is 32.2. The summed E-state index contributed by atoms with van der Waals surface area (Å²) in [7, 11) is -2.30. The van der Waals surface area contributed by atoms with E-state index in [0.29, 0.717) is 0 Å².